The first kappa shape index (κ1) is 22.3. The van der Waals surface area contributed by atoms with Crippen LogP contribution in [-0.2, 0) is 9.53 Å². The van der Waals surface area contributed by atoms with Gasteiger partial charge >= 0.3 is 0 Å². The molecule has 5 rings (SSSR count). The second-order valence-corrected chi connectivity index (χ2v) is 8.67. The molecule has 1 atom stereocenters. The van der Waals surface area contributed by atoms with Crippen molar-refractivity contribution in [3.8, 4) is 11.4 Å². The Kier molecular flexibility index (Phi) is 6.67. The molecule has 7 nitrogen and oxygen atoms in total. The standard InChI is InChI=1S/C26H28FN5O2/c27-21-5-1-3-19(17-21)25-28-11-10-24(30-25)32-12-2-4-20(18-32)26(33)29-22-6-8-23(9-7-22)31-13-15-34-16-14-31/h1,3,5-11,17,20H,2,4,12-16,18H2,(H,29,33). The molecular weight excluding hydrogens is 433 g/mol. The van der Waals surface area contributed by atoms with Crippen LogP contribution in [0.3, 0.4) is 0 Å². The summed E-state index contributed by atoms with van der Waals surface area (Å²) in [5.74, 6) is 0.785. The summed E-state index contributed by atoms with van der Waals surface area (Å²) in [5, 5.41) is 3.07. The summed E-state index contributed by atoms with van der Waals surface area (Å²) in [6.07, 6.45) is 3.41. The van der Waals surface area contributed by atoms with Gasteiger partial charge in [-0.1, -0.05) is 12.1 Å². The van der Waals surface area contributed by atoms with Gasteiger partial charge in [0.2, 0.25) is 5.91 Å². The maximum absolute atomic E-state index is 13.6. The smallest absolute Gasteiger partial charge is 0.229 e. The van der Waals surface area contributed by atoms with Crippen LogP contribution in [0.5, 0.6) is 0 Å². The first-order valence-corrected chi connectivity index (χ1v) is 11.7. The number of anilines is 3. The molecule has 2 saturated heterocycles. The highest BCUT2D eigenvalue weighted by atomic mass is 19.1. The number of rotatable bonds is 5. The van der Waals surface area contributed by atoms with Crippen LogP contribution in [0.15, 0.2) is 60.8 Å². The number of nitrogens with one attached hydrogen (secondary N) is 1. The van der Waals surface area contributed by atoms with Crippen molar-refractivity contribution in [2.24, 2.45) is 5.92 Å². The van der Waals surface area contributed by atoms with Crippen LogP contribution in [0.4, 0.5) is 21.6 Å². The molecule has 0 spiro atoms. The van der Waals surface area contributed by atoms with Crippen molar-refractivity contribution in [1.82, 2.24) is 9.97 Å². The Morgan fingerprint density at radius 2 is 1.85 bits per heavy atom. The van der Waals surface area contributed by atoms with Gasteiger partial charge < -0.3 is 19.9 Å². The minimum atomic E-state index is -0.320. The van der Waals surface area contributed by atoms with Crippen molar-refractivity contribution in [2.45, 2.75) is 12.8 Å². The molecule has 3 heterocycles. The van der Waals surface area contributed by atoms with Crippen molar-refractivity contribution in [3.63, 3.8) is 0 Å². The van der Waals surface area contributed by atoms with Crippen molar-refractivity contribution in [3.05, 3.63) is 66.6 Å². The van der Waals surface area contributed by atoms with Crippen molar-refractivity contribution >= 4 is 23.1 Å². The van der Waals surface area contributed by atoms with E-state index in [2.05, 4.69) is 25.1 Å². The van der Waals surface area contributed by atoms with E-state index in [1.54, 1.807) is 18.3 Å². The average molecular weight is 462 g/mol. The summed E-state index contributed by atoms with van der Waals surface area (Å²) in [4.78, 5) is 26.4. The number of morpholine rings is 1. The molecule has 34 heavy (non-hydrogen) atoms. The maximum Gasteiger partial charge on any atom is 0.229 e. The highest BCUT2D eigenvalue weighted by molar-refractivity contribution is 5.93. The molecule has 1 amide bonds. The predicted octanol–water partition coefficient (Wildman–Crippen LogP) is 3.97. The molecule has 2 fully saturated rings. The quantitative estimate of drug-likeness (QED) is 0.620. The molecule has 176 valence electrons. The Morgan fingerprint density at radius 1 is 1.03 bits per heavy atom. The molecule has 0 bridgehead atoms. The number of benzene rings is 2. The number of carbonyl (C=O) groups excluding carboxylic acids is 1. The van der Waals surface area contributed by atoms with Gasteiger partial charge in [-0.15, -0.1) is 0 Å². The Labute approximate surface area is 198 Å². The molecule has 1 unspecified atom stereocenters. The number of hydrogen-bond donors (Lipinski definition) is 1. The summed E-state index contributed by atoms with van der Waals surface area (Å²) < 4.78 is 19.0. The fourth-order valence-corrected chi connectivity index (χ4v) is 4.51. The number of piperidine rings is 1. The van der Waals surface area contributed by atoms with Gasteiger partial charge in [0.1, 0.15) is 11.6 Å². The van der Waals surface area contributed by atoms with Crippen LogP contribution >= 0.6 is 0 Å². The zero-order valence-electron chi connectivity index (χ0n) is 19.0. The topological polar surface area (TPSA) is 70.6 Å². The number of halogens is 1. The lowest BCUT2D eigenvalue weighted by Crippen LogP contribution is -2.41. The molecule has 0 saturated carbocycles. The number of carbonyl (C=O) groups is 1. The Bertz CT molecular complexity index is 1130. The SMILES string of the molecule is O=C(Nc1ccc(N2CCOCC2)cc1)C1CCCN(c2ccnc(-c3cccc(F)c3)n2)C1. The highest BCUT2D eigenvalue weighted by Crippen LogP contribution is 2.26. The summed E-state index contributed by atoms with van der Waals surface area (Å²) in [5.41, 5.74) is 2.58. The maximum atomic E-state index is 13.6. The van der Waals surface area contributed by atoms with Gasteiger partial charge in [0.05, 0.1) is 19.1 Å². The van der Waals surface area contributed by atoms with Gasteiger partial charge in [0.15, 0.2) is 5.82 Å². The first-order chi connectivity index (χ1) is 16.7. The summed E-state index contributed by atoms with van der Waals surface area (Å²) in [6, 6.07) is 16.1. The monoisotopic (exact) mass is 461 g/mol. The third-order valence-electron chi connectivity index (χ3n) is 6.35. The third-order valence-corrected chi connectivity index (χ3v) is 6.35. The van der Waals surface area contributed by atoms with E-state index in [0.717, 1.165) is 62.9 Å². The van der Waals surface area contributed by atoms with E-state index in [4.69, 9.17) is 4.74 Å². The van der Waals surface area contributed by atoms with Crippen LogP contribution in [0.2, 0.25) is 0 Å². The molecule has 2 aromatic carbocycles. The molecular formula is C26H28FN5O2. The van der Waals surface area contributed by atoms with E-state index in [0.29, 0.717) is 17.9 Å². The molecule has 0 radical (unpaired) electrons. The summed E-state index contributed by atoms with van der Waals surface area (Å²) in [6.45, 7) is 4.65. The normalized spacial score (nSPS) is 18.6. The summed E-state index contributed by atoms with van der Waals surface area (Å²) in [7, 11) is 0. The molecule has 0 aliphatic carbocycles. The number of hydrogen-bond acceptors (Lipinski definition) is 6. The van der Waals surface area contributed by atoms with Gasteiger partial charge in [-0.05, 0) is 55.3 Å². The van der Waals surface area contributed by atoms with Gasteiger partial charge in [-0.2, -0.15) is 0 Å². The first-order valence-electron chi connectivity index (χ1n) is 11.7. The molecule has 2 aliphatic rings. The largest absolute Gasteiger partial charge is 0.378 e. The fourth-order valence-electron chi connectivity index (χ4n) is 4.51. The Hall–Kier alpha value is -3.52. The van der Waals surface area contributed by atoms with Crippen LogP contribution in [-0.4, -0.2) is 55.3 Å². The van der Waals surface area contributed by atoms with E-state index in [-0.39, 0.29) is 17.6 Å². The number of amides is 1. The van der Waals surface area contributed by atoms with Crippen molar-refractivity contribution in [1.29, 1.82) is 0 Å². The number of nitrogens with zero attached hydrogens (tertiary/aromatic N) is 4. The minimum Gasteiger partial charge on any atom is -0.378 e. The van der Waals surface area contributed by atoms with Crippen molar-refractivity contribution < 1.29 is 13.9 Å². The van der Waals surface area contributed by atoms with Crippen LogP contribution in [0, 0.1) is 11.7 Å². The average Bonchev–Trinajstić information content (AvgIpc) is 2.90. The molecule has 2 aliphatic heterocycles. The lowest BCUT2D eigenvalue weighted by molar-refractivity contribution is -0.120. The predicted molar refractivity (Wildman–Crippen MR) is 130 cm³/mol. The molecule has 3 aromatic rings. The fraction of sp³-hybridized carbons (Fsp3) is 0.346. The Morgan fingerprint density at radius 3 is 2.65 bits per heavy atom. The Balaban J connectivity index is 1.23. The van der Waals surface area contributed by atoms with Crippen LogP contribution in [0.1, 0.15) is 12.8 Å². The lowest BCUT2D eigenvalue weighted by atomic mass is 9.97. The zero-order chi connectivity index (χ0) is 23.3. The van der Waals surface area contributed by atoms with Gasteiger partial charge in [0, 0.05) is 49.3 Å². The summed E-state index contributed by atoms with van der Waals surface area (Å²) >= 11 is 0. The van der Waals surface area contributed by atoms with Crippen LogP contribution in [0.25, 0.3) is 11.4 Å². The van der Waals surface area contributed by atoms with Gasteiger partial charge in [0.25, 0.3) is 0 Å². The van der Waals surface area contributed by atoms with E-state index in [9.17, 15) is 9.18 Å². The van der Waals surface area contributed by atoms with Crippen LogP contribution < -0.4 is 15.1 Å². The van der Waals surface area contributed by atoms with Gasteiger partial charge in [-0.3, -0.25) is 4.79 Å². The van der Waals surface area contributed by atoms with Crippen molar-refractivity contribution in [2.75, 3.05) is 54.5 Å². The highest BCUT2D eigenvalue weighted by Gasteiger charge is 2.27. The van der Waals surface area contributed by atoms with E-state index >= 15 is 0 Å². The van der Waals surface area contributed by atoms with E-state index < -0.39 is 0 Å². The second-order valence-electron chi connectivity index (χ2n) is 8.67. The third kappa shape index (κ3) is 5.17. The molecule has 1 N–H and O–H groups in total. The number of ether oxygens (including phenoxy) is 1. The van der Waals surface area contributed by atoms with E-state index in [1.165, 1.54) is 12.1 Å². The number of aromatic nitrogens is 2. The lowest BCUT2D eigenvalue weighted by Gasteiger charge is -2.33. The van der Waals surface area contributed by atoms with Gasteiger partial charge in [-0.25, -0.2) is 14.4 Å². The minimum absolute atomic E-state index is 0.0169. The zero-order valence-corrected chi connectivity index (χ0v) is 19.0. The molecule has 1 aromatic heterocycles. The molecule has 8 heteroatoms. The second kappa shape index (κ2) is 10.2. The van der Waals surface area contributed by atoms with E-state index in [1.807, 2.05) is 30.3 Å².